The number of carbonyl (C=O) groups excluding carboxylic acids is 1. The zero-order valence-corrected chi connectivity index (χ0v) is 14.4. The number of amides is 1. The predicted octanol–water partition coefficient (Wildman–Crippen LogP) is 2.14. The second-order valence-corrected chi connectivity index (χ2v) is 6.10. The van der Waals surface area contributed by atoms with Gasteiger partial charge in [0.15, 0.2) is 10.8 Å². The molecule has 0 saturated carbocycles. The summed E-state index contributed by atoms with van der Waals surface area (Å²) < 4.78 is 1.27. The Morgan fingerprint density at radius 3 is 2.77 bits per heavy atom. The van der Waals surface area contributed by atoms with Crippen molar-refractivity contribution in [3.05, 3.63) is 59.6 Å². The molecule has 128 valence electrons. The summed E-state index contributed by atoms with van der Waals surface area (Å²) in [5.41, 5.74) is 2.72. The maximum absolute atomic E-state index is 12.6. The third-order valence-corrected chi connectivity index (χ3v) is 4.26. The van der Waals surface area contributed by atoms with E-state index in [9.17, 15) is 4.79 Å². The van der Waals surface area contributed by atoms with Crippen molar-refractivity contribution in [3.63, 3.8) is 0 Å². The van der Waals surface area contributed by atoms with Crippen LogP contribution in [0.3, 0.4) is 0 Å². The quantitative estimate of drug-likeness (QED) is 0.590. The standard InChI is InChI=1S/C16H12N8OS/c1-10-4-2-5-17-13(10)11-9-26-16(21-11)22-14(25)12-8-20-23-24(12)15-18-6-3-7-19-15/h2-9H,1H3,(H,21,22,25). The lowest BCUT2D eigenvalue weighted by atomic mass is 10.2. The molecule has 0 unspecified atom stereocenters. The number of hydrogen-bond acceptors (Lipinski definition) is 8. The van der Waals surface area contributed by atoms with Gasteiger partial charge in [-0.3, -0.25) is 15.1 Å². The molecule has 0 aliphatic rings. The fourth-order valence-corrected chi connectivity index (χ4v) is 2.98. The minimum absolute atomic E-state index is 0.210. The van der Waals surface area contributed by atoms with Crippen LogP contribution in [0.25, 0.3) is 17.3 Å². The number of carbonyl (C=O) groups is 1. The molecule has 0 atom stereocenters. The number of anilines is 1. The van der Waals surface area contributed by atoms with Crippen molar-refractivity contribution in [1.29, 1.82) is 0 Å². The summed E-state index contributed by atoms with van der Waals surface area (Å²) in [6, 6.07) is 5.51. The number of hydrogen-bond donors (Lipinski definition) is 1. The van der Waals surface area contributed by atoms with Crippen molar-refractivity contribution in [2.75, 3.05) is 5.32 Å². The molecule has 1 amide bonds. The van der Waals surface area contributed by atoms with Crippen molar-refractivity contribution >= 4 is 22.4 Å². The van der Waals surface area contributed by atoms with E-state index in [1.54, 1.807) is 24.7 Å². The van der Waals surface area contributed by atoms with Crippen molar-refractivity contribution in [2.24, 2.45) is 0 Å². The van der Waals surface area contributed by atoms with E-state index in [1.165, 1.54) is 22.2 Å². The van der Waals surface area contributed by atoms with Gasteiger partial charge < -0.3 is 0 Å². The van der Waals surface area contributed by atoms with E-state index in [2.05, 4.69) is 35.6 Å². The normalized spacial score (nSPS) is 10.7. The third kappa shape index (κ3) is 3.05. The van der Waals surface area contributed by atoms with Gasteiger partial charge in [0.2, 0.25) is 0 Å². The second kappa shape index (κ2) is 6.76. The molecular weight excluding hydrogens is 352 g/mol. The molecule has 9 nitrogen and oxygen atoms in total. The SMILES string of the molecule is Cc1cccnc1-c1csc(NC(=O)c2cnnn2-c2ncccn2)n1. The zero-order valence-electron chi connectivity index (χ0n) is 13.6. The molecule has 0 radical (unpaired) electrons. The lowest BCUT2D eigenvalue weighted by molar-refractivity contribution is 0.101. The Bertz CT molecular complexity index is 1060. The van der Waals surface area contributed by atoms with Crippen molar-refractivity contribution < 1.29 is 4.79 Å². The fourth-order valence-electron chi connectivity index (χ4n) is 2.29. The largest absolute Gasteiger partial charge is 0.296 e. The van der Waals surface area contributed by atoms with Crippen LogP contribution < -0.4 is 5.32 Å². The maximum atomic E-state index is 12.6. The van der Waals surface area contributed by atoms with E-state index < -0.39 is 5.91 Å². The molecule has 0 aliphatic carbocycles. The molecule has 0 saturated heterocycles. The first-order valence-corrected chi connectivity index (χ1v) is 8.47. The summed E-state index contributed by atoms with van der Waals surface area (Å²) in [7, 11) is 0. The van der Waals surface area contributed by atoms with Crippen LogP contribution in [-0.4, -0.2) is 40.8 Å². The van der Waals surface area contributed by atoms with E-state index in [0.717, 1.165) is 11.3 Å². The third-order valence-electron chi connectivity index (χ3n) is 3.50. The van der Waals surface area contributed by atoms with Crippen molar-refractivity contribution in [3.8, 4) is 17.3 Å². The van der Waals surface area contributed by atoms with Crippen LogP contribution >= 0.6 is 11.3 Å². The highest BCUT2D eigenvalue weighted by Crippen LogP contribution is 2.25. The molecule has 0 spiro atoms. The Balaban J connectivity index is 1.57. The van der Waals surface area contributed by atoms with E-state index in [1.807, 2.05) is 24.4 Å². The molecule has 0 bridgehead atoms. The second-order valence-electron chi connectivity index (χ2n) is 5.24. The minimum Gasteiger partial charge on any atom is -0.296 e. The van der Waals surface area contributed by atoms with Gasteiger partial charge in [0, 0.05) is 24.0 Å². The summed E-state index contributed by atoms with van der Waals surface area (Å²) in [6.45, 7) is 1.96. The van der Waals surface area contributed by atoms with Gasteiger partial charge in [0.05, 0.1) is 11.9 Å². The van der Waals surface area contributed by atoms with Crippen LogP contribution in [0, 0.1) is 6.92 Å². The Hall–Kier alpha value is -3.53. The summed E-state index contributed by atoms with van der Waals surface area (Å²) in [5.74, 6) is -0.139. The van der Waals surface area contributed by atoms with Crippen LogP contribution in [0.1, 0.15) is 16.1 Å². The minimum atomic E-state index is -0.402. The number of rotatable bonds is 4. The Labute approximate surface area is 151 Å². The summed E-state index contributed by atoms with van der Waals surface area (Å²) in [6.07, 6.45) is 6.19. The maximum Gasteiger partial charge on any atom is 0.277 e. The van der Waals surface area contributed by atoms with Gasteiger partial charge in [-0.15, -0.1) is 16.4 Å². The van der Waals surface area contributed by atoms with Crippen LogP contribution in [0.4, 0.5) is 5.13 Å². The molecule has 4 rings (SSSR count). The highest BCUT2D eigenvalue weighted by Gasteiger charge is 2.18. The van der Waals surface area contributed by atoms with Gasteiger partial charge in [-0.25, -0.2) is 15.0 Å². The average molecular weight is 364 g/mol. The van der Waals surface area contributed by atoms with Gasteiger partial charge in [-0.05, 0) is 24.6 Å². The van der Waals surface area contributed by atoms with Crippen LogP contribution in [-0.2, 0) is 0 Å². The van der Waals surface area contributed by atoms with E-state index in [4.69, 9.17) is 0 Å². The lowest BCUT2D eigenvalue weighted by Crippen LogP contribution is -2.18. The van der Waals surface area contributed by atoms with Gasteiger partial charge in [0.1, 0.15) is 5.69 Å². The monoisotopic (exact) mass is 364 g/mol. The van der Waals surface area contributed by atoms with Gasteiger partial charge in [-0.1, -0.05) is 11.3 Å². The summed E-state index contributed by atoms with van der Waals surface area (Å²) >= 11 is 1.32. The van der Waals surface area contributed by atoms with Crippen LogP contribution in [0.2, 0.25) is 0 Å². The molecule has 0 aromatic carbocycles. The number of aryl methyl sites for hydroxylation is 1. The molecule has 0 fully saturated rings. The summed E-state index contributed by atoms with van der Waals surface area (Å²) in [4.78, 5) is 29.5. The van der Waals surface area contributed by atoms with E-state index >= 15 is 0 Å². The number of pyridine rings is 1. The smallest absolute Gasteiger partial charge is 0.277 e. The van der Waals surface area contributed by atoms with E-state index in [0.29, 0.717) is 10.8 Å². The molecular formula is C16H12N8OS. The molecule has 0 aliphatic heterocycles. The highest BCUT2D eigenvalue weighted by molar-refractivity contribution is 7.14. The first kappa shape index (κ1) is 16.0. The molecule has 26 heavy (non-hydrogen) atoms. The van der Waals surface area contributed by atoms with Gasteiger partial charge in [-0.2, -0.15) is 4.68 Å². The highest BCUT2D eigenvalue weighted by atomic mass is 32.1. The number of aromatic nitrogens is 7. The lowest BCUT2D eigenvalue weighted by Gasteiger charge is -2.03. The first-order valence-electron chi connectivity index (χ1n) is 7.59. The molecule has 4 aromatic heterocycles. The Kier molecular flexibility index (Phi) is 4.15. The Morgan fingerprint density at radius 2 is 1.96 bits per heavy atom. The molecule has 4 heterocycles. The predicted molar refractivity (Wildman–Crippen MR) is 95.0 cm³/mol. The molecule has 4 aromatic rings. The zero-order chi connectivity index (χ0) is 17.9. The Morgan fingerprint density at radius 1 is 1.15 bits per heavy atom. The van der Waals surface area contributed by atoms with Crippen LogP contribution in [0.5, 0.6) is 0 Å². The number of thiazole rings is 1. The average Bonchev–Trinajstić information content (AvgIpc) is 3.32. The van der Waals surface area contributed by atoms with Gasteiger partial charge >= 0.3 is 0 Å². The first-order chi connectivity index (χ1) is 12.7. The number of nitrogens with zero attached hydrogens (tertiary/aromatic N) is 7. The fraction of sp³-hybridized carbons (Fsp3) is 0.0625. The molecule has 1 N–H and O–H groups in total. The van der Waals surface area contributed by atoms with Crippen molar-refractivity contribution in [2.45, 2.75) is 6.92 Å². The number of nitrogens with one attached hydrogen (secondary N) is 1. The van der Waals surface area contributed by atoms with Crippen molar-refractivity contribution in [1.82, 2.24) is 34.9 Å². The molecule has 10 heteroatoms. The summed E-state index contributed by atoms with van der Waals surface area (Å²) in [5, 5.41) is 12.7. The van der Waals surface area contributed by atoms with E-state index in [-0.39, 0.29) is 11.6 Å². The van der Waals surface area contributed by atoms with Gasteiger partial charge in [0.25, 0.3) is 11.9 Å². The van der Waals surface area contributed by atoms with Crippen LogP contribution in [0.15, 0.2) is 48.4 Å². The topological polar surface area (TPSA) is 111 Å².